The maximum atomic E-state index is 11.1. The highest BCUT2D eigenvalue weighted by atomic mass is 79.9. The van der Waals surface area contributed by atoms with Gasteiger partial charge in [-0.15, -0.1) is 0 Å². The quantitative estimate of drug-likeness (QED) is 0.880. The molecule has 20 heavy (non-hydrogen) atoms. The van der Waals surface area contributed by atoms with Crippen molar-refractivity contribution in [2.45, 2.75) is 19.3 Å². The zero-order chi connectivity index (χ0) is 14.7. The Hall–Kier alpha value is -1.56. The Morgan fingerprint density at radius 2 is 2.20 bits per heavy atom. The van der Waals surface area contributed by atoms with Crippen molar-refractivity contribution in [1.29, 1.82) is 0 Å². The number of halogens is 1. The zero-order valence-corrected chi connectivity index (χ0v) is 12.6. The normalized spacial score (nSPS) is 18.9. The van der Waals surface area contributed by atoms with Crippen LogP contribution < -0.4 is 10.6 Å². The maximum Gasteiger partial charge on any atom is 0.303 e. The Kier molecular flexibility index (Phi) is 4.65. The van der Waals surface area contributed by atoms with Crippen LogP contribution in [-0.2, 0) is 4.79 Å². The van der Waals surface area contributed by atoms with E-state index in [1.54, 1.807) is 12.1 Å². The van der Waals surface area contributed by atoms with E-state index in [4.69, 9.17) is 10.8 Å². The summed E-state index contributed by atoms with van der Waals surface area (Å²) in [6.07, 6.45) is 2.12. The van der Waals surface area contributed by atoms with E-state index in [0.717, 1.165) is 36.1 Å². The molecule has 108 valence electrons. The van der Waals surface area contributed by atoms with Crippen LogP contribution >= 0.6 is 15.9 Å². The number of nitrogens with two attached hydrogens (primary N) is 1. The number of aliphatic carboxylic acids is 1. The minimum absolute atomic E-state index is 0.170. The number of amides is 1. The Morgan fingerprint density at radius 3 is 2.80 bits per heavy atom. The zero-order valence-electron chi connectivity index (χ0n) is 11.0. The highest BCUT2D eigenvalue weighted by molar-refractivity contribution is 9.10. The van der Waals surface area contributed by atoms with Crippen LogP contribution in [0.1, 0.15) is 29.6 Å². The summed E-state index contributed by atoms with van der Waals surface area (Å²) in [7, 11) is 0. The lowest BCUT2D eigenvalue weighted by molar-refractivity contribution is -0.138. The third-order valence-corrected chi connectivity index (χ3v) is 4.19. The molecule has 3 N–H and O–H groups in total. The van der Waals surface area contributed by atoms with Gasteiger partial charge in [-0.2, -0.15) is 0 Å². The molecule has 1 saturated heterocycles. The molecule has 0 saturated carbocycles. The van der Waals surface area contributed by atoms with Gasteiger partial charge in [-0.1, -0.05) is 0 Å². The van der Waals surface area contributed by atoms with Gasteiger partial charge >= 0.3 is 5.97 Å². The lowest BCUT2D eigenvalue weighted by Gasteiger charge is -2.34. The standard InChI is InChI=1S/C14H17BrN2O3/c15-11-7-10(14(16)20)3-4-12(11)17-5-1-2-9(8-17)6-13(18)19/h3-4,7,9H,1-2,5-6,8H2,(H2,16,20)(H,18,19). The van der Waals surface area contributed by atoms with E-state index in [0.29, 0.717) is 5.56 Å². The lowest BCUT2D eigenvalue weighted by atomic mass is 9.94. The van der Waals surface area contributed by atoms with Gasteiger partial charge < -0.3 is 15.7 Å². The summed E-state index contributed by atoms with van der Waals surface area (Å²) >= 11 is 3.46. The van der Waals surface area contributed by atoms with E-state index in [2.05, 4.69) is 20.8 Å². The van der Waals surface area contributed by atoms with Gasteiger partial charge in [0.1, 0.15) is 0 Å². The van der Waals surface area contributed by atoms with Gasteiger partial charge in [0.15, 0.2) is 0 Å². The minimum atomic E-state index is -0.750. The minimum Gasteiger partial charge on any atom is -0.481 e. The van der Waals surface area contributed by atoms with Gasteiger partial charge in [0.2, 0.25) is 5.91 Å². The summed E-state index contributed by atoms with van der Waals surface area (Å²) in [6, 6.07) is 5.26. The Labute approximate surface area is 125 Å². The van der Waals surface area contributed by atoms with Gasteiger partial charge in [-0.25, -0.2) is 0 Å². The molecule has 1 fully saturated rings. The molecule has 1 heterocycles. The number of benzene rings is 1. The Morgan fingerprint density at radius 1 is 1.45 bits per heavy atom. The number of primary amides is 1. The summed E-state index contributed by atoms with van der Waals surface area (Å²) < 4.78 is 0.810. The number of carboxylic acids is 1. The van der Waals surface area contributed by atoms with Crippen molar-refractivity contribution in [2.75, 3.05) is 18.0 Å². The second-order valence-electron chi connectivity index (χ2n) is 5.08. The summed E-state index contributed by atoms with van der Waals surface area (Å²) in [6.45, 7) is 1.62. The van der Waals surface area contributed by atoms with Crippen molar-refractivity contribution in [3.05, 3.63) is 28.2 Å². The average molecular weight is 341 g/mol. The average Bonchev–Trinajstić information content (AvgIpc) is 2.38. The van der Waals surface area contributed by atoms with E-state index in [-0.39, 0.29) is 12.3 Å². The number of carbonyl (C=O) groups is 2. The molecule has 1 atom stereocenters. The summed E-state index contributed by atoms with van der Waals surface area (Å²) in [4.78, 5) is 24.1. The van der Waals surface area contributed by atoms with Crippen LogP contribution in [0.4, 0.5) is 5.69 Å². The molecular weight excluding hydrogens is 324 g/mol. The number of rotatable bonds is 4. The number of carbonyl (C=O) groups excluding carboxylic acids is 1. The fraction of sp³-hybridized carbons (Fsp3) is 0.429. The summed E-state index contributed by atoms with van der Waals surface area (Å²) in [5, 5.41) is 8.90. The molecule has 6 heteroatoms. The van der Waals surface area contributed by atoms with Crippen LogP contribution in [0.2, 0.25) is 0 Å². The molecule has 0 aliphatic carbocycles. The van der Waals surface area contributed by atoms with Crippen LogP contribution in [0.3, 0.4) is 0 Å². The number of carboxylic acid groups (broad SMARTS) is 1. The van der Waals surface area contributed by atoms with E-state index in [1.807, 2.05) is 6.07 Å². The van der Waals surface area contributed by atoms with Gasteiger partial charge in [-0.3, -0.25) is 9.59 Å². The van der Waals surface area contributed by atoms with Crippen molar-refractivity contribution in [3.63, 3.8) is 0 Å². The first-order chi connectivity index (χ1) is 9.47. The van der Waals surface area contributed by atoms with Crippen LogP contribution in [0.15, 0.2) is 22.7 Å². The molecule has 0 bridgehead atoms. The SMILES string of the molecule is NC(=O)c1ccc(N2CCCC(CC(=O)O)C2)c(Br)c1. The van der Waals surface area contributed by atoms with Crippen molar-refractivity contribution in [3.8, 4) is 0 Å². The largest absolute Gasteiger partial charge is 0.481 e. The molecule has 1 aromatic rings. The van der Waals surface area contributed by atoms with E-state index in [9.17, 15) is 9.59 Å². The molecule has 2 rings (SSSR count). The van der Waals surface area contributed by atoms with Gasteiger partial charge in [-0.05, 0) is 52.9 Å². The fourth-order valence-electron chi connectivity index (χ4n) is 2.61. The monoisotopic (exact) mass is 340 g/mol. The van der Waals surface area contributed by atoms with Crippen molar-refractivity contribution < 1.29 is 14.7 Å². The first kappa shape index (κ1) is 14.8. The molecule has 1 unspecified atom stereocenters. The number of hydrogen-bond donors (Lipinski definition) is 2. The Balaban J connectivity index is 2.14. The molecule has 1 aromatic carbocycles. The Bertz CT molecular complexity index is 533. The van der Waals surface area contributed by atoms with Crippen molar-refractivity contribution in [2.24, 2.45) is 11.7 Å². The first-order valence-electron chi connectivity index (χ1n) is 6.53. The molecule has 0 spiro atoms. The molecule has 1 aliphatic rings. The highest BCUT2D eigenvalue weighted by Gasteiger charge is 2.23. The third kappa shape index (κ3) is 3.50. The predicted molar refractivity (Wildman–Crippen MR) is 79.8 cm³/mol. The lowest BCUT2D eigenvalue weighted by Crippen LogP contribution is -2.36. The van der Waals surface area contributed by atoms with Crippen LogP contribution in [-0.4, -0.2) is 30.1 Å². The molecule has 1 amide bonds. The first-order valence-corrected chi connectivity index (χ1v) is 7.32. The second kappa shape index (κ2) is 6.26. The fourth-order valence-corrected chi connectivity index (χ4v) is 3.24. The molecular formula is C14H17BrN2O3. The van der Waals surface area contributed by atoms with Crippen molar-refractivity contribution in [1.82, 2.24) is 0 Å². The molecule has 0 radical (unpaired) electrons. The topological polar surface area (TPSA) is 83.6 Å². The van der Waals surface area contributed by atoms with Crippen LogP contribution in [0, 0.1) is 5.92 Å². The number of nitrogens with zero attached hydrogens (tertiary/aromatic N) is 1. The van der Waals surface area contributed by atoms with E-state index in [1.165, 1.54) is 0 Å². The number of anilines is 1. The van der Waals surface area contributed by atoms with Crippen molar-refractivity contribution >= 4 is 33.5 Å². The van der Waals surface area contributed by atoms with E-state index < -0.39 is 11.9 Å². The maximum absolute atomic E-state index is 11.1. The van der Waals surface area contributed by atoms with Gasteiger partial charge in [0, 0.05) is 29.5 Å². The molecule has 5 nitrogen and oxygen atoms in total. The second-order valence-corrected chi connectivity index (χ2v) is 5.94. The predicted octanol–water partition coefficient (Wildman–Crippen LogP) is 2.24. The van der Waals surface area contributed by atoms with Crippen LogP contribution in [0.5, 0.6) is 0 Å². The third-order valence-electron chi connectivity index (χ3n) is 3.56. The number of hydrogen-bond acceptors (Lipinski definition) is 3. The van der Waals surface area contributed by atoms with Gasteiger partial charge in [0.25, 0.3) is 0 Å². The van der Waals surface area contributed by atoms with Gasteiger partial charge in [0.05, 0.1) is 5.69 Å². The smallest absolute Gasteiger partial charge is 0.303 e. The summed E-state index contributed by atoms with van der Waals surface area (Å²) in [5.41, 5.74) is 6.68. The van der Waals surface area contributed by atoms with Crippen LogP contribution in [0.25, 0.3) is 0 Å². The summed E-state index contributed by atoms with van der Waals surface area (Å²) in [5.74, 6) is -1.04. The molecule has 1 aliphatic heterocycles. The number of piperidine rings is 1. The molecule has 0 aromatic heterocycles. The van der Waals surface area contributed by atoms with E-state index >= 15 is 0 Å². The highest BCUT2D eigenvalue weighted by Crippen LogP contribution is 2.31.